The second-order valence-electron chi connectivity index (χ2n) is 9.55. The molecule has 29 heavy (non-hydrogen) atoms. The minimum atomic E-state index is -0.330. The van der Waals surface area contributed by atoms with Gasteiger partial charge >= 0.3 is 0 Å². The molecule has 0 saturated heterocycles. The Morgan fingerprint density at radius 3 is 2.38 bits per heavy atom. The molecule has 154 valence electrons. The van der Waals surface area contributed by atoms with E-state index in [4.69, 9.17) is 0 Å². The summed E-state index contributed by atoms with van der Waals surface area (Å²) >= 11 is 1.33. The summed E-state index contributed by atoms with van der Waals surface area (Å²) in [5, 5.41) is 12.2. The van der Waals surface area contributed by atoms with Gasteiger partial charge in [-0.2, -0.15) is 0 Å². The Morgan fingerprint density at radius 2 is 1.76 bits per heavy atom. The monoisotopic (exact) mass is 414 g/mol. The number of nitrogens with zero attached hydrogens (tertiary/aromatic N) is 3. The average Bonchev–Trinajstić information content (AvgIpc) is 3.10. The first-order valence-electron chi connectivity index (χ1n) is 10.5. The summed E-state index contributed by atoms with van der Waals surface area (Å²) in [6.45, 7) is 1.84. The summed E-state index contributed by atoms with van der Waals surface area (Å²) < 4.78 is 13.0. The van der Waals surface area contributed by atoms with Gasteiger partial charge in [0.25, 0.3) is 5.91 Å². The zero-order chi connectivity index (χ0) is 20.0. The maximum absolute atomic E-state index is 13.0. The van der Waals surface area contributed by atoms with Gasteiger partial charge in [0.1, 0.15) is 10.8 Å². The van der Waals surface area contributed by atoms with Crippen LogP contribution in [0.25, 0.3) is 0 Å². The Bertz CT molecular complexity index is 861. The number of carbonyl (C=O) groups excluding carboxylic acids is 1. The van der Waals surface area contributed by atoms with E-state index < -0.39 is 0 Å². The number of nitrogens with one attached hydrogen (secondary N) is 1. The zero-order valence-corrected chi connectivity index (χ0v) is 17.6. The first-order chi connectivity index (χ1) is 14.0. The van der Waals surface area contributed by atoms with Crippen LogP contribution in [0.5, 0.6) is 0 Å². The second-order valence-corrected chi connectivity index (χ2v) is 10.6. The number of anilines is 1. The molecule has 0 atom stereocenters. The van der Waals surface area contributed by atoms with Crippen molar-refractivity contribution in [3.05, 3.63) is 40.1 Å². The number of halogens is 1. The largest absolute Gasteiger partial charge is 0.320 e. The second kappa shape index (κ2) is 7.43. The first kappa shape index (κ1) is 19.1. The molecule has 4 saturated carbocycles. The van der Waals surface area contributed by atoms with E-state index in [2.05, 4.69) is 27.5 Å². The van der Waals surface area contributed by atoms with E-state index >= 15 is 0 Å². The third-order valence-electron chi connectivity index (χ3n) is 6.94. The van der Waals surface area contributed by atoms with Crippen LogP contribution in [0.4, 0.5) is 10.1 Å². The molecule has 1 aromatic heterocycles. The van der Waals surface area contributed by atoms with Gasteiger partial charge in [-0.15, -0.1) is 10.2 Å². The van der Waals surface area contributed by atoms with Crippen LogP contribution in [-0.4, -0.2) is 34.6 Å². The summed E-state index contributed by atoms with van der Waals surface area (Å²) in [5.74, 6) is 2.24. The highest BCUT2D eigenvalue weighted by Crippen LogP contribution is 2.60. The normalized spacial score (nSPS) is 30.1. The van der Waals surface area contributed by atoms with Crippen LogP contribution in [0.15, 0.2) is 24.3 Å². The third kappa shape index (κ3) is 4.08. The number of rotatable bonds is 6. The Hall–Kier alpha value is -1.86. The van der Waals surface area contributed by atoms with E-state index in [1.54, 1.807) is 0 Å². The van der Waals surface area contributed by atoms with E-state index in [0.29, 0.717) is 16.1 Å². The van der Waals surface area contributed by atoms with Crippen molar-refractivity contribution in [1.82, 2.24) is 15.1 Å². The molecule has 0 aliphatic heterocycles. The van der Waals surface area contributed by atoms with Crippen molar-refractivity contribution < 1.29 is 9.18 Å². The van der Waals surface area contributed by atoms with Crippen molar-refractivity contribution >= 4 is 22.9 Å². The highest BCUT2D eigenvalue weighted by molar-refractivity contribution is 7.13. The fourth-order valence-corrected chi connectivity index (χ4v) is 7.29. The topological polar surface area (TPSA) is 58.1 Å². The van der Waals surface area contributed by atoms with Crippen LogP contribution in [0, 0.1) is 29.0 Å². The van der Waals surface area contributed by atoms with Crippen molar-refractivity contribution in [3.63, 3.8) is 0 Å². The predicted octanol–water partition coefficient (Wildman–Crippen LogP) is 4.58. The molecule has 1 amide bonds. The predicted molar refractivity (Wildman–Crippen MR) is 111 cm³/mol. The van der Waals surface area contributed by atoms with Crippen molar-refractivity contribution in [2.75, 3.05) is 18.9 Å². The molecule has 5 nitrogen and oxygen atoms in total. The van der Waals surface area contributed by atoms with E-state index in [1.165, 1.54) is 74.1 Å². The molecular weight excluding hydrogens is 387 g/mol. The van der Waals surface area contributed by atoms with E-state index in [-0.39, 0.29) is 11.7 Å². The maximum atomic E-state index is 13.0. The lowest BCUT2D eigenvalue weighted by atomic mass is 9.49. The Labute approximate surface area is 174 Å². The molecule has 1 N–H and O–H groups in total. The van der Waals surface area contributed by atoms with Gasteiger partial charge < -0.3 is 5.32 Å². The lowest BCUT2D eigenvalue weighted by Gasteiger charge is -2.57. The molecular formula is C22H27FN4OS. The van der Waals surface area contributed by atoms with Crippen LogP contribution in [0.1, 0.15) is 53.3 Å². The van der Waals surface area contributed by atoms with Crippen molar-refractivity contribution in [2.45, 2.75) is 45.1 Å². The van der Waals surface area contributed by atoms with E-state index in [1.807, 2.05) is 0 Å². The van der Waals surface area contributed by atoms with E-state index in [0.717, 1.165) is 35.9 Å². The fraction of sp³-hybridized carbons (Fsp3) is 0.591. The summed E-state index contributed by atoms with van der Waals surface area (Å²) in [6, 6.07) is 5.71. The van der Waals surface area contributed by atoms with Crippen LogP contribution in [0.3, 0.4) is 0 Å². The molecule has 4 bridgehead atoms. The van der Waals surface area contributed by atoms with Crippen molar-refractivity contribution in [2.24, 2.45) is 23.2 Å². The Morgan fingerprint density at radius 1 is 1.14 bits per heavy atom. The van der Waals surface area contributed by atoms with Gasteiger partial charge in [0, 0.05) is 12.2 Å². The van der Waals surface area contributed by atoms with Crippen molar-refractivity contribution in [3.8, 4) is 0 Å². The molecule has 4 fully saturated rings. The third-order valence-corrected chi connectivity index (χ3v) is 7.85. The SMILES string of the molecule is CN(Cc1nnc(C(=O)Nc2ccc(F)cc2)s1)CC12CC3CC(CC(C3)C1)C2. The number of aromatic nitrogens is 2. The van der Waals surface area contributed by atoms with Crippen molar-refractivity contribution in [1.29, 1.82) is 0 Å². The minimum absolute atomic E-state index is 0.302. The number of amides is 1. The van der Waals surface area contributed by atoms with Crippen LogP contribution in [0.2, 0.25) is 0 Å². The van der Waals surface area contributed by atoms with Crippen LogP contribution in [-0.2, 0) is 6.54 Å². The zero-order valence-electron chi connectivity index (χ0n) is 16.7. The summed E-state index contributed by atoms with van der Waals surface area (Å²) in [5.41, 5.74) is 1.05. The quantitative estimate of drug-likeness (QED) is 0.752. The number of hydrogen-bond acceptors (Lipinski definition) is 5. The minimum Gasteiger partial charge on any atom is -0.320 e. The molecule has 4 aliphatic rings. The molecule has 2 aromatic rings. The molecule has 1 heterocycles. The molecule has 1 aromatic carbocycles. The Kier molecular flexibility index (Phi) is 4.90. The number of hydrogen-bond donors (Lipinski definition) is 1. The molecule has 0 radical (unpaired) electrons. The summed E-state index contributed by atoms with van der Waals surface area (Å²) in [4.78, 5) is 14.8. The van der Waals surface area contributed by atoms with Crippen LogP contribution >= 0.6 is 11.3 Å². The van der Waals surface area contributed by atoms with Gasteiger partial charge in [-0.1, -0.05) is 11.3 Å². The molecule has 0 unspecified atom stereocenters. The molecule has 7 heteroatoms. The van der Waals surface area contributed by atoms with Gasteiger partial charge in [0.05, 0.1) is 6.54 Å². The van der Waals surface area contributed by atoms with Gasteiger partial charge in [0.15, 0.2) is 0 Å². The highest BCUT2D eigenvalue weighted by Gasteiger charge is 2.50. The van der Waals surface area contributed by atoms with Gasteiger partial charge in [-0.25, -0.2) is 4.39 Å². The van der Waals surface area contributed by atoms with Gasteiger partial charge in [-0.3, -0.25) is 9.69 Å². The lowest BCUT2D eigenvalue weighted by Crippen LogP contribution is -2.50. The number of benzene rings is 1. The standard InChI is InChI=1S/C22H27FN4OS/c1-27(13-22-9-14-6-15(10-22)8-16(7-14)11-22)12-19-25-26-21(29-19)20(28)24-18-4-2-17(23)3-5-18/h2-5,14-16H,6-13H2,1H3,(H,24,28). The van der Waals surface area contributed by atoms with E-state index in [9.17, 15) is 9.18 Å². The highest BCUT2D eigenvalue weighted by atomic mass is 32.1. The molecule has 4 aliphatic carbocycles. The van der Waals surface area contributed by atoms with Gasteiger partial charge in [-0.05, 0) is 93.0 Å². The fourth-order valence-electron chi connectivity index (χ4n) is 6.47. The Balaban J connectivity index is 1.19. The maximum Gasteiger partial charge on any atom is 0.286 e. The summed E-state index contributed by atoms with van der Waals surface area (Å²) in [6.07, 6.45) is 8.57. The smallest absolute Gasteiger partial charge is 0.286 e. The first-order valence-corrected chi connectivity index (χ1v) is 11.4. The average molecular weight is 415 g/mol. The van der Waals surface area contributed by atoms with Crippen LogP contribution < -0.4 is 5.32 Å². The van der Waals surface area contributed by atoms with Gasteiger partial charge in [0.2, 0.25) is 5.01 Å². The summed E-state index contributed by atoms with van der Waals surface area (Å²) in [7, 11) is 2.16. The lowest BCUT2D eigenvalue weighted by molar-refractivity contribution is -0.0670. The molecule has 6 rings (SSSR count). The molecule has 0 spiro atoms. The number of carbonyl (C=O) groups is 1.